The summed E-state index contributed by atoms with van der Waals surface area (Å²) in [4.78, 5) is 22.6. The van der Waals surface area contributed by atoms with Gasteiger partial charge in [0.1, 0.15) is 12.3 Å². The van der Waals surface area contributed by atoms with Crippen LogP contribution in [0.2, 0.25) is 0 Å². The quantitative estimate of drug-likeness (QED) is 0.802. The molecule has 0 saturated heterocycles. The highest BCUT2D eigenvalue weighted by Crippen LogP contribution is 2.13. The summed E-state index contributed by atoms with van der Waals surface area (Å²) in [5.41, 5.74) is 0.269. The lowest BCUT2D eigenvalue weighted by Crippen LogP contribution is -2.11. The lowest BCUT2D eigenvalue weighted by atomic mass is 10.1. The highest BCUT2D eigenvalue weighted by Gasteiger charge is 2.12. The Hall–Kier alpha value is -2.70. The van der Waals surface area contributed by atoms with Crippen LogP contribution < -0.4 is 4.74 Å². The third-order valence-corrected chi connectivity index (χ3v) is 2.46. The maximum atomic E-state index is 12.0. The van der Waals surface area contributed by atoms with E-state index >= 15 is 0 Å². The summed E-state index contributed by atoms with van der Waals surface area (Å²) in [6, 6.07) is 6.70. The van der Waals surface area contributed by atoms with Gasteiger partial charge in [-0.2, -0.15) is 0 Å². The summed E-state index contributed by atoms with van der Waals surface area (Å²) >= 11 is 0. The van der Waals surface area contributed by atoms with Gasteiger partial charge in [-0.1, -0.05) is 17.3 Å². The summed E-state index contributed by atoms with van der Waals surface area (Å²) in [6.07, 6.45) is 1.21. The Kier molecular flexibility index (Phi) is 3.56. The monoisotopic (exact) mass is 261 g/mol. The topological polar surface area (TPSA) is 94.3 Å². The molecule has 0 radical (unpaired) electrons. The van der Waals surface area contributed by atoms with Crippen LogP contribution in [0.5, 0.6) is 5.75 Å². The zero-order valence-electron chi connectivity index (χ0n) is 10.1. The normalized spacial score (nSPS) is 10.2. The SMILES string of the molecule is COc1cccc(C(=O)Cn2cc(C(=O)O)nn2)c1. The number of carbonyl (C=O) groups excluding carboxylic acids is 1. The lowest BCUT2D eigenvalue weighted by molar-refractivity contribution is 0.0690. The smallest absolute Gasteiger partial charge is 0.358 e. The van der Waals surface area contributed by atoms with Crippen LogP contribution in [0.1, 0.15) is 20.8 Å². The van der Waals surface area contributed by atoms with E-state index in [0.717, 1.165) is 0 Å². The number of aromatic carboxylic acids is 1. The number of aromatic nitrogens is 3. The highest BCUT2D eigenvalue weighted by atomic mass is 16.5. The summed E-state index contributed by atoms with van der Waals surface area (Å²) in [7, 11) is 1.51. The van der Waals surface area contributed by atoms with Gasteiger partial charge in [0, 0.05) is 5.56 Å². The number of hydrogen-bond donors (Lipinski definition) is 1. The largest absolute Gasteiger partial charge is 0.497 e. The fraction of sp³-hybridized carbons (Fsp3) is 0.167. The van der Waals surface area contributed by atoms with Crippen molar-refractivity contribution >= 4 is 11.8 Å². The van der Waals surface area contributed by atoms with Crippen molar-refractivity contribution in [3.8, 4) is 5.75 Å². The molecule has 1 aromatic carbocycles. The van der Waals surface area contributed by atoms with Crippen molar-refractivity contribution in [3.63, 3.8) is 0 Å². The fourth-order valence-corrected chi connectivity index (χ4v) is 1.51. The van der Waals surface area contributed by atoms with Gasteiger partial charge in [0.05, 0.1) is 13.3 Å². The summed E-state index contributed by atoms with van der Waals surface area (Å²) < 4.78 is 6.21. The predicted molar refractivity (Wildman–Crippen MR) is 64.3 cm³/mol. The van der Waals surface area contributed by atoms with Gasteiger partial charge < -0.3 is 9.84 Å². The molecule has 1 N–H and O–H groups in total. The number of hydrogen-bond acceptors (Lipinski definition) is 5. The van der Waals surface area contributed by atoms with Gasteiger partial charge in [0.25, 0.3) is 0 Å². The molecule has 2 rings (SSSR count). The average molecular weight is 261 g/mol. The molecule has 0 saturated carbocycles. The Balaban J connectivity index is 2.13. The number of nitrogens with zero attached hydrogens (tertiary/aromatic N) is 3. The maximum absolute atomic E-state index is 12.0. The standard InChI is InChI=1S/C12H11N3O4/c1-19-9-4-2-3-8(5-9)11(16)7-15-6-10(12(17)18)13-14-15/h2-6H,7H2,1H3,(H,17,18). The molecule has 0 fully saturated rings. The van der Waals surface area contributed by atoms with Crippen LogP contribution in [0.3, 0.4) is 0 Å². The number of ether oxygens (including phenoxy) is 1. The van der Waals surface area contributed by atoms with Gasteiger partial charge in [-0.25, -0.2) is 9.48 Å². The zero-order valence-corrected chi connectivity index (χ0v) is 10.1. The van der Waals surface area contributed by atoms with E-state index < -0.39 is 5.97 Å². The summed E-state index contributed by atoms with van der Waals surface area (Å²) in [5.74, 6) is -0.809. The van der Waals surface area contributed by atoms with Crippen LogP contribution in [0.4, 0.5) is 0 Å². The first kappa shape index (κ1) is 12.7. The van der Waals surface area contributed by atoms with Crippen LogP contribution in [0.25, 0.3) is 0 Å². The van der Waals surface area contributed by atoms with Crippen LogP contribution in [-0.2, 0) is 6.54 Å². The molecule has 0 amide bonds. The Morgan fingerprint density at radius 3 is 2.84 bits per heavy atom. The molecule has 0 bridgehead atoms. The minimum absolute atomic E-state index is 0.0759. The fourth-order valence-electron chi connectivity index (χ4n) is 1.51. The molecular formula is C12H11N3O4. The molecule has 19 heavy (non-hydrogen) atoms. The van der Waals surface area contributed by atoms with Crippen molar-refractivity contribution < 1.29 is 19.4 Å². The number of carboxylic acid groups (broad SMARTS) is 1. The Bertz CT molecular complexity index is 621. The number of rotatable bonds is 5. The number of Topliss-reactive ketones (excluding diaryl/α,β-unsaturated/α-hetero) is 1. The molecule has 0 aliphatic carbocycles. The van der Waals surface area contributed by atoms with Gasteiger partial charge in [0.15, 0.2) is 11.5 Å². The van der Waals surface area contributed by atoms with Gasteiger partial charge in [-0.3, -0.25) is 4.79 Å². The summed E-state index contributed by atoms with van der Waals surface area (Å²) in [6.45, 7) is -0.0759. The number of carbonyl (C=O) groups is 2. The maximum Gasteiger partial charge on any atom is 0.358 e. The van der Waals surface area contributed by atoms with Crippen molar-refractivity contribution in [3.05, 3.63) is 41.7 Å². The van der Waals surface area contributed by atoms with E-state index in [9.17, 15) is 9.59 Å². The highest BCUT2D eigenvalue weighted by molar-refractivity contribution is 5.96. The predicted octanol–water partition coefficient (Wildman–Crippen LogP) is 0.868. The van der Waals surface area contributed by atoms with Crippen LogP contribution in [0.15, 0.2) is 30.5 Å². The second kappa shape index (κ2) is 5.30. The molecule has 2 aromatic rings. The molecule has 0 aliphatic heterocycles. The minimum Gasteiger partial charge on any atom is -0.497 e. The van der Waals surface area contributed by atoms with E-state index in [-0.39, 0.29) is 18.0 Å². The molecule has 7 nitrogen and oxygen atoms in total. The van der Waals surface area contributed by atoms with Crippen molar-refractivity contribution in [2.24, 2.45) is 0 Å². The van der Waals surface area contributed by atoms with E-state index in [0.29, 0.717) is 11.3 Å². The zero-order chi connectivity index (χ0) is 13.8. The van der Waals surface area contributed by atoms with E-state index in [1.54, 1.807) is 24.3 Å². The van der Waals surface area contributed by atoms with Gasteiger partial charge in [0.2, 0.25) is 0 Å². The van der Waals surface area contributed by atoms with E-state index in [2.05, 4.69) is 10.3 Å². The first-order valence-electron chi connectivity index (χ1n) is 5.41. The second-order valence-electron chi connectivity index (χ2n) is 3.76. The minimum atomic E-state index is -1.18. The molecule has 1 aromatic heterocycles. The van der Waals surface area contributed by atoms with E-state index in [1.807, 2.05) is 0 Å². The second-order valence-corrected chi connectivity index (χ2v) is 3.76. The average Bonchev–Trinajstić information content (AvgIpc) is 2.87. The first-order valence-corrected chi connectivity index (χ1v) is 5.41. The number of benzene rings is 1. The van der Waals surface area contributed by atoms with Crippen molar-refractivity contribution in [2.45, 2.75) is 6.54 Å². The van der Waals surface area contributed by atoms with Gasteiger partial charge in [-0.15, -0.1) is 5.10 Å². The van der Waals surface area contributed by atoms with Gasteiger partial charge in [-0.05, 0) is 12.1 Å². The molecule has 98 valence electrons. The molecule has 0 atom stereocenters. The van der Waals surface area contributed by atoms with Crippen molar-refractivity contribution in [1.82, 2.24) is 15.0 Å². The molecular weight excluding hydrogens is 250 g/mol. The Morgan fingerprint density at radius 2 is 2.21 bits per heavy atom. The van der Waals surface area contributed by atoms with Crippen molar-refractivity contribution in [1.29, 1.82) is 0 Å². The van der Waals surface area contributed by atoms with Crippen LogP contribution in [0, 0.1) is 0 Å². The first-order chi connectivity index (χ1) is 9.10. The number of methoxy groups -OCH3 is 1. The summed E-state index contributed by atoms with van der Waals surface area (Å²) in [5, 5.41) is 15.7. The molecule has 1 heterocycles. The van der Waals surface area contributed by atoms with Crippen molar-refractivity contribution in [2.75, 3.05) is 7.11 Å². The molecule has 0 aliphatic rings. The third-order valence-electron chi connectivity index (χ3n) is 2.46. The number of carboxylic acids is 1. The van der Waals surface area contributed by atoms with Gasteiger partial charge >= 0.3 is 5.97 Å². The Labute approximate surface area is 108 Å². The molecule has 0 spiro atoms. The van der Waals surface area contributed by atoms with E-state index in [1.165, 1.54) is 18.0 Å². The number of ketones is 1. The lowest BCUT2D eigenvalue weighted by Gasteiger charge is -2.03. The third kappa shape index (κ3) is 2.95. The Morgan fingerprint density at radius 1 is 1.42 bits per heavy atom. The molecule has 7 heteroatoms. The van der Waals surface area contributed by atoms with E-state index in [4.69, 9.17) is 9.84 Å². The molecule has 0 unspecified atom stereocenters. The van der Waals surface area contributed by atoms with Crippen LogP contribution in [-0.4, -0.2) is 39.0 Å². The van der Waals surface area contributed by atoms with Crippen LogP contribution >= 0.6 is 0 Å².